The van der Waals surface area contributed by atoms with Crippen molar-refractivity contribution in [3.05, 3.63) is 34.9 Å². The molecule has 1 aromatic carbocycles. The molecule has 1 rings (SSSR count). The predicted molar refractivity (Wildman–Crippen MR) is 71.2 cm³/mol. The van der Waals surface area contributed by atoms with Crippen molar-refractivity contribution in [3.63, 3.8) is 0 Å². The van der Waals surface area contributed by atoms with E-state index in [1.807, 2.05) is 20.8 Å². The van der Waals surface area contributed by atoms with Crippen molar-refractivity contribution in [2.24, 2.45) is 0 Å². The molecule has 1 aromatic rings. The van der Waals surface area contributed by atoms with Crippen molar-refractivity contribution in [2.45, 2.75) is 52.2 Å². The maximum absolute atomic E-state index is 10.2. The Morgan fingerprint density at radius 1 is 1.29 bits per heavy atom. The molecular formula is C15H24O2. The van der Waals surface area contributed by atoms with Gasteiger partial charge < -0.3 is 9.84 Å². The van der Waals surface area contributed by atoms with Gasteiger partial charge in [0.25, 0.3) is 0 Å². The van der Waals surface area contributed by atoms with Crippen LogP contribution in [0.2, 0.25) is 0 Å². The van der Waals surface area contributed by atoms with Crippen LogP contribution in [0.25, 0.3) is 0 Å². The lowest BCUT2D eigenvalue weighted by Crippen LogP contribution is -2.23. The zero-order valence-electron chi connectivity index (χ0n) is 11.6. The summed E-state index contributed by atoms with van der Waals surface area (Å²) in [6.45, 7) is 8.18. The summed E-state index contributed by atoms with van der Waals surface area (Å²) in [5.74, 6) is 0. The molecule has 0 amide bonds. The third-order valence-electron chi connectivity index (χ3n) is 3.37. The maximum Gasteiger partial charge on any atom is 0.0793 e. The lowest BCUT2D eigenvalue weighted by molar-refractivity contribution is 0.00273. The second-order valence-corrected chi connectivity index (χ2v) is 5.38. The van der Waals surface area contributed by atoms with E-state index in [-0.39, 0.29) is 5.60 Å². The first-order valence-corrected chi connectivity index (χ1v) is 6.16. The number of rotatable bonds is 5. The number of hydrogen-bond donors (Lipinski definition) is 1. The topological polar surface area (TPSA) is 29.5 Å². The molecule has 2 heteroatoms. The molecule has 2 nitrogen and oxygen atoms in total. The molecule has 0 aliphatic heterocycles. The van der Waals surface area contributed by atoms with Crippen LogP contribution in [0, 0.1) is 13.8 Å². The van der Waals surface area contributed by atoms with Crippen LogP contribution in [0.1, 0.15) is 49.5 Å². The highest BCUT2D eigenvalue weighted by molar-refractivity contribution is 5.32. The number of aryl methyl sites for hydroxylation is 2. The van der Waals surface area contributed by atoms with E-state index in [2.05, 4.69) is 25.1 Å². The van der Waals surface area contributed by atoms with E-state index in [9.17, 15) is 5.11 Å². The molecule has 1 unspecified atom stereocenters. The molecule has 0 spiro atoms. The van der Waals surface area contributed by atoms with Gasteiger partial charge in [-0.15, -0.1) is 0 Å². The predicted octanol–water partition coefficient (Wildman–Crippen LogP) is 3.54. The molecule has 96 valence electrons. The first kappa shape index (κ1) is 14.2. The molecular weight excluding hydrogens is 212 g/mol. The minimum Gasteiger partial charge on any atom is -0.388 e. The largest absolute Gasteiger partial charge is 0.388 e. The average Bonchev–Trinajstić information content (AvgIpc) is 2.29. The standard InChI is InChI=1S/C15H24O2/c1-11-6-7-12(2)13(10-11)14(16)8-9-15(3,4)17-5/h6-7,10,14,16H,8-9H2,1-5H3. The Labute approximate surface area is 105 Å². The van der Waals surface area contributed by atoms with E-state index in [1.54, 1.807) is 7.11 Å². The first-order valence-electron chi connectivity index (χ1n) is 6.16. The number of aliphatic hydroxyl groups is 1. The van der Waals surface area contributed by atoms with Crippen LogP contribution in [0.4, 0.5) is 0 Å². The minimum absolute atomic E-state index is 0.168. The number of aliphatic hydroxyl groups excluding tert-OH is 1. The maximum atomic E-state index is 10.2. The van der Waals surface area contributed by atoms with Gasteiger partial charge in [0.2, 0.25) is 0 Å². The van der Waals surface area contributed by atoms with Crippen molar-refractivity contribution in [1.82, 2.24) is 0 Å². The van der Waals surface area contributed by atoms with Crippen molar-refractivity contribution >= 4 is 0 Å². The summed E-state index contributed by atoms with van der Waals surface area (Å²) in [6.07, 6.45) is 1.17. The van der Waals surface area contributed by atoms with Crippen LogP contribution < -0.4 is 0 Å². The SMILES string of the molecule is COC(C)(C)CCC(O)c1cc(C)ccc1C. The van der Waals surface area contributed by atoms with Crippen LogP contribution in [-0.2, 0) is 4.74 Å². The smallest absolute Gasteiger partial charge is 0.0793 e. The lowest BCUT2D eigenvalue weighted by Gasteiger charge is -2.24. The summed E-state index contributed by atoms with van der Waals surface area (Å²) in [7, 11) is 1.71. The van der Waals surface area contributed by atoms with Gasteiger partial charge in [-0.05, 0) is 51.7 Å². The Morgan fingerprint density at radius 3 is 2.53 bits per heavy atom. The molecule has 1 atom stereocenters. The number of methoxy groups -OCH3 is 1. The van der Waals surface area contributed by atoms with Gasteiger partial charge in [0.15, 0.2) is 0 Å². The first-order chi connectivity index (χ1) is 7.85. The number of benzene rings is 1. The molecule has 0 heterocycles. The van der Waals surface area contributed by atoms with E-state index >= 15 is 0 Å². The quantitative estimate of drug-likeness (QED) is 0.847. The van der Waals surface area contributed by atoms with E-state index in [4.69, 9.17) is 4.74 Å². The molecule has 0 saturated carbocycles. The zero-order valence-corrected chi connectivity index (χ0v) is 11.6. The Bertz CT molecular complexity index is 369. The lowest BCUT2D eigenvalue weighted by atomic mass is 9.93. The van der Waals surface area contributed by atoms with E-state index in [1.165, 1.54) is 5.56 Å². The van der Waals surface area contributed by atoms with Gasteiger partial charge in [0.05, 0.1) is 11.7 Å². The van der Waals surface area contributed by atoms with Gasteiger partial charge in [-0.25, -0.2) is 0 Å². The second kappa shape index (κ2) is 5.65. The molecule has 0 bridgehead atoms. The molecule has 0 radical (unpaired) electrons. The molecule has 1 N–H and O–H groups in total. The van der Waals surface area contributed by atoms with Crippen molar-refractivity contribution in [3.8, 4) is 0 Å². The Morgan fingerprint density at radius 2 is 1.94 bits per heavy atom. The highest BCUT2D eigenvalue weighted by Crippen LogP contribution is 2.26. The van der Waals surface area contributed by atoms with Gasteiger partial charge in [-0.2, -0.15) is 0 Å². The average molecular weight is 236 g/mol. The van der Waals surface area contributed by atoms with Gasteiger partial charge in [-0.1, -0.05) is 23.8 Å². The van der Waals surface area contributed by atoms with Gasteiger partial charge in [-0.3, -0.25) is 0 Å². The molecule has 17 heavy (non-hydrogen) atoms. The zero-order chi connectivity index (χ0) is 13.1. The third kappa shape index (κ3) is 4.14. The monoisotopic (exact) mass is 236 g/mol. The van der Waals surface area contributed by atoms with Crippen LogP contribution in [-0.4, -0.2) is 17.8 Å². The van der Waals surface area contributed by atoms with Crippen molar-refractivity contribution in [2.75, 3.05) is 7.11 Å². The Balaban J connectivity index is 2.70. The third-order valence-corrected chi connectivity index (χ3v) is 3.37. The second-order valence-electron chi connectivity index (χ2n) is 5.38. The summed E-state index contributed by atoms with van der Waals surface area (Å²) < 4.78 is 5.37. The van der Waals surface area contributed by atoms with Gasteiger partial charge in [0.1, 0.15) is 0 Å². The van der Waals surface area contributed by atoms with E-state index < -0.39 is 6.10 Å². The molecule has 0 saturated heterocycles. The van der Waals surface area contributed by atoms with Crippen molar-refractivity contribution in [1.29, 1.82) is 0 Å². The Hall–Kier alpha value is -0.860. The summed E-state index contributed by atoms with van der Waals surface area (Å²) in [5, 5.41) is 10.2. The fraction of sp³-hybridized carbons (Fsp3) is 0.600. The summed E-state index contributed by atoms with van der Waals surface area (Å²) in [4.78, 5) is 0. The minimum atomic E-state index is -0.399. The molecule has 0 fully saturated rings. The fourth-order valence-electron chi connectivity index (χ4n) is 1.86. The van der Waals surface area contributed by atoms with E-state index in [0.29, 0.717) is 0 Å². The van der Waals surface area contributed by atoms with Gasteiger partial charge in [0, 0.05) is 7.11 Å². The Kier molecular flexibility index (Phi) is 4.72. The number of hydrogen-bond acceptors (Lipinski definition) is 2. The summed E-state index contributed by atoms with van der Waals surface area (Å²) in [6, 6.07) is 6.21. The molecule has 0 aromatic heterocycles. The number of ether oxygens (including phenoxy) is 1. The van der Waals surface area contributed by atoms with Crippen molar-refractivity contribution < 1.29 is 9.84 Å². The highest BCUT2D eigenvalue weighted by Gasteiger charge is 2.19. The molecule has 0 aliphatic rings. The molecule has 0 aliphatic carbocycles. The van der Waals surface area contributed by atoms with Gasteiger partial charge >= 0.3 is 0 Å². The summed E-state index contributed by atoms with van der Waals surface area (Å²) >= 11 is 0. The van der Waals surface area contributed by atoms with E-state index in [0.717, 1.165) is 24.0 Å². The fourth-order valence-corrected chi connectivity index (χ4v) is 1.86. The normalized spacial score (nSPS) is 13.8. The summed E-state index contributed by atoms with van der Waals surface area (Å²) in [5.41, 5.74) is 3.21. The van der Waals surface area contributed by atoms with Crippen LogP contribution in [0.3, 0.4) is 0 Å². The van der Waals surface area contributed by atoms with Crippen LogP contribution in [0.15, 0.2) is 18.2 Å². The van der Waals surface area contributed by atoms with Crippen LogP contribution >= 0.6 is 0 Å². The highest BCUT2D eigenvalue weighted by atomic mass is 16.5. The van der Waals surface area contributed by atoms with Crippen LogP contribution in [0.5, 0.6) is 0 Å².